The molecule has 0 amide bonds. The second-order valence-corrected chi connectivity index (χ2v) is 4.09. The molecule has 4 nitrogen and oxygen atoms in total. The van der Waals surface area contributed by atoms with E-state index in [9.17, 15) is 4.79 Å². The van der Waals surface area contributed by atoms with E-state index in [2.05, 4.69) is 4.90 Å². The first-order valence-electron chi connectivity index (χ1n) is 6.31. The van der Waals surface area contributed by atoms with Gasteiger partial charge in [-0.25, -0.2) is 0 Å². The second-order valence-electron chi connectivity index (χ2n) is 4.09. The molecule has 0 unspecified atom stereocenters. The number of ether oxygens (including phenoxy) is 1. The Labute approximate surface area is 108 Å². The molecule has 0 aliphatic heterocycles. The van der Waals surface area contributed by atoms with Crippen LogP contribution in [-0.4, -0.2) is 35.7 Å². The Hall–Kier alpha value is -1.55. The molecule has 0 saturated heterocycles. The van der Waals surface area contributed by atoms with E-state index in [1.165, 1.54) is 5.56 Å². The van der Waals surface area contributed by atoms with Gasteiger partial charge < -0.3 is 9.84 Å². The smallest absolute Gasteiger partial charge is 0.304 e. The highest BCUT2D eigenvalue weighted by Gasteiger charge is 2.06. The van der Waals surface area contributed by atoms with Crippen molar-refractivity contribution in [1.29, 1.82) is 0 Å². The topological polar surface area (TPSA) is 49.8 Å². The molecule has 0 aliphatic rings. The first-order chi connectivity index (χ1) is 8.65. The van der Waals surface area contributed by atoms with E-state index < -0.39 is 5.97 Å². The Kier molecular flexibility index (Phi) is 6.22. The van der Waals surface area contributed by atoms with Crippen LogP contribution in [0.3, 0.4) is 0 Å². The molecule has 0 atom stereocenters. The minimum atomic E-state index is -0.750. The summed E-state index contributed by atoms with van der Waals surface area (Å²) in [5.41, 5.74) is 1.17. The lowest BCUT2D eigenvalue weighted by Crippen LogP contribution is -2.25. The van der Waals surface area contributed by atoms with E-state index in [0.717, 1.165) is 18.8 Å². The molecule has 0 aliphatic carbocycles. The van der Waals surface area contributed by atoms with Crippen LogP contribution in [0.1, 0.15) is 25.8 Å². The molecule has 0 aromatic heterocycles. The quantitative estimate of drug-likeness (QED) is 0.770. The maximum atomic E-state index is 10.5. The van der Waals surface area contributed by atoms with Gasteiger partial charge in [-0.15, -0.1) is 0 Å². The van der Waals surface area contributed by atoms with Crippen molar-refractivity contribution in [3.05, 3.63) is 29.8 Å². The standard InChI is InChI=1S/C14H21NO3/c1-3-15(10-9-14(16)17)11-12-5-7-13(8-6-12)18-4-2/h5-8H,3-4,9-11H2,1-2H3,(H,16,17). The third-order valence-electron chi connectivity index (χ3n) is 2.73. The van der Waals surface area contributed by atoms with Gasteiger partial charge in [-0.2, -0.15) is 0 Å². The Bertz CT molecular complexity index is 362. The van der Waals surface area contributed by atoms with E-state index in [4.69, 9.17) is 9.84 Å². The lowest BCUT2D eigenvalue weighted by Gasteiger charge is -2.19. The highest BCUT2D eigenvalue weighted by molar-refractivity contribution is 5.66. The fourth-order valence-corrected chi connectivity index (χ4v) is 1.72. The van der Waals surface area contributed by atoms with Gasteiger partial charge >= 0.3 is 5.97 Å². The van der Waals surface area contributed by atoms with Crippen molar-refractivity contribution in [1.82, 2.24) is 4.90 Å². The molecule has 0 radical (unpaired) electrons. The predicted octanol–water partition coefficient (Wildman–Crippen LogP) is 2.38. The van der Waals surface area contributed by atoms with Crippen molar-refractivity contribution in [3.63, 3.8) is 0 Å². The summed E-state index contributed by atoms with van der Waals surface area (Å²) in [5, 5.41) is 8.68. The first-order valence-corrected chi connectivity index (χ1v) is 6.31. The number of rotatable bonds is 8. The van der Waals surface area contributed by atoms with E-state index in [1.54, 1.807) is 0 Å². The summed E-state index contributed by atoms with van der Waals surface area (Å²) >= 11 is 0. The van der Waals surface area contributed by atoms with E-state index in [0.29, 0.717) is 13.2 Å². The lowest BCUT2D eigenvalue weighted by atomic mass is 10.2. The van der Waals surface area contributed by atoms with Crippen molar-refractivity contribution in [3.8, 4) is 5.75 Å². The number of carboxylic acids is 1. The number of hydrogen-bond acceptors (Lipinski definition) is 3. The van der Waals surface area contributed by atoms with Crippen LogP contribution in [0.15, 0.2) is 24.3 Å². The molecular formula is C14H21NO3. The summed E-state index contributed by atoms with van der Waals surface area (Å²) in [6, 6.07) is 7.94. The average molecular weight is 251 g/mol. The molecular weight excluding hydrogens is 230 g/mol. The van der Waals surface area contributed by atoms with Crippen LogP contribution < -0.4 is 4.74 Å². The van der Waals surface area contributed by atoms with Gasteiger partial charge in [-0.3, -0.25) is 9.69 Å². The summed E-state index contributed by atoms with van der Waals surface area (Å²) in [4.78, 5) is 12.7. The minimum absolute atomic E-state index is 0.185. The largest absolute Gasteiger partial charge is 0.494 e. The van der Waals surface area contributed by atoms with Gasteiger partial charge in [0, 0.05) is 13.1 Å². The maximum Gasteiger partial charge on any atom is 0.304 e. The van der Waals surface area contributed by atoms with Gasteiger partial charge in [0.05, 0.1) is 13.0 Å². The van der Waals surface area contributed by atoms with Crippen LogP contribution in [-0.2, 0) is 11.3 Å². The van der Waals surface area contributed by atoms with E-state index in [1.807, 2.05) is 38.1 Å². The lowest BCUT2D eigenvalue weighted by molar-refractivity contribution is -0.137. The van der Waals surface area contributed by atoms with Gasteiger partial charge in [-0.1, -0.05) is 19.1 Å². The van der Waals surface area contributed by atoms with Crippen LogP contribution in [0.25, 0.3) is 0 Å². The number of benzene rings is 1. The number of hydrogen-bond donors (Lipinski definition) is 1. The minimum Gasteiger partial charge on any atom is -0.494 e. The average Bonchev–Trinajstić information content (AvgIpc) is 2.36. The normalized spacial score (nSPS) is 10.6. The van der Waals surface area contributed by atoms with Gasteiger partial charge in [0.15, 0.2) is 0 Å². The summed E-state index contributed by atoms with van der Waals surface area (Å²) in [6.07, 6.45) is 0.185. The summed E-state index contributed by atoms with van der Waals surface area (Å²) < 4.78 is 5.38. The first kappa shape index (κ1) is 14.5. The van der Waals surface area contributed by atoms with Crippen LogP contribution in [0.4, 0.5) is 0 Å². The fraction of sp³-hybridized carbons (Fsp3) is 0.500. The second kappa shape index (κ2) is 7.71. The zero-order valence-corrected chi connectivity index (χ0v) is 11.1. The Morgan fingerprint density at radius 2 is 1.94 bits per heavy atom. The van der Waals surface area contributed by atoms with E-state index in [-0.39, 0.29) is 6.42 Å². The van der Waals surface area contributed by atoms with Crippen LogP contribution >= 0.6 is 0 Å². The zero-order valence-electron chi connectivity index (χ0n) is 11.1. The van der Waals surface area contributed by atoms with Crippen molar-refractivity contribution >= 4 is 5.97 Å². The molecule has 1 aromatic carbocycles. The Morgan fingerprint density at radius 1 is 1.28 bits per heavy atom. The van der Waals surface area contributed by atoms with E-state index >= 15 is 0 Å². The van der Waals surface area contributed by atoms with Gasteiger partial charge in [0.2, 0.25) is 0 Å². The highest BCUT2D eigenvalue weighted by atomic mass is 16.5. The molecule has 0 spiro atoms. The third kappa shape index (κ3) is 5.19. The number of carbonyl (C=O) groups is 1. The van der Waals surface area contributed by atoms with Gasteiger partial charge in [0.1, 0.15) is 5.75 Å². The fourth-order valence-electron chi connectivity index (χ4n) is 1.72. The summed E-state index contributed by atoms with van der Waals surface area (Å²) in [5.74, 6) is 0.120. The Balaban J connectivity index is 2.50. The van der Waals surface area contributed by atoms with Crippen molar-refractivity contribution < 1.29 is 14.6 Å². The Morgan fingerprint density at radius 3 is 2.44 bits per heavy atom. The highest BCUT2D eigenvalue weighted by Crippen LogP contribution is 2.13. The third-order valence-corrected chi connectivity index (χ3v) is 2.73. The molecule has 0 saturated carbocycles. The number of nitrogens with zero attached hydrogens (tertiary/aromatic N) is 1. The zero-order chi connectivity index (χ0) is 13.4. The SMILES string of the molecule is CCOc1ccc(CN(CC)CCC(=O)O)cc1. The number of carboxylic acid groups (broad SMARTS) is 1. The molecule has 1 N–H and O–H groups in total. The molecule has 100 valence electrons. The van der Waals surface area contributed by atoms with Crippen molar-refractivity contribution in [2.75, 3.05) is 19.7 Å². The molecule has 4 heteroatoms. The number of aliphatic carboxylic acids is 1. The summed E-state index contributed by atoms with van der Waals surface area (Å²) in [6.45, 7) is 6.86. The van der Waals surface area contributed by atoms with Crippen LogP contribution in [0.2, 0.25) is 0 Å². The van der Waals surface area contributed by atoms with Crippen molar-refractivity contribution in [2.45, 2.75) is 26.8 Å². The predicted molar refractivity (Wildman–Crippen MR) is 70.8 cm³/mol. The molecule has 1 rings (SSSR count). The van der Waals surface area contributed by atoms with Crippen LogP contribution in [0, 0.1) is 0 Å². The molecule has 18 heavy (non-hydrogen) atoms. The molecule has 0 fully saturated rings. The maximum absolute atomic E-state index is 10.5. The van der Waals surface area contributed by atoms with Crippen LogP contribution in [0.5, 0.6) is 5.75 Å². The molecule has 0 bridgehead atoms. The van der Waals surface area contributed by atoms with Crippen molar-refractivity contribution in [2.24, 2.45) is 0 Å². The molecule has 1 aromatic rings. The van der Waals surface area contributed by atoms with Gasteiger partial charge in [0.25, 0.3) is 0 Å². The van der Waals surface area contributed by atoms with Gasteiger partial charge in [-0.05, 0) is 31.2 Å². The summed E-state index contributed by atoms with van der Waals surface area (Å²) in [7, 11) is 0. The monoisotopic (exact) mass is 251 g/mol. The molecule has 0 heterocycles.